The maximum absolute atomic E-state index is 5.76. The molecule has 0 aliphatic heterocycles. The van der Waals surface area contributed by atoms with Crippen molar-refractivity contribution in [3.05, 3.63) is 42.0 Å². The van der Waals surface area contributed by atoms with Crippen LogP contribution in [0.3, 0.4) is 0 Å². The number of hydrogen-bond donors (Lipinski definition) is 0. The maximum atomic E-state index is 5.76. The van der Waals surface area contributed by atoms with E-state index in [9.17, 15) is 0 Å². The molecule has 0 atom stereocenters. The van der Waals surface area contributed by atoms with E-state index in [2.05, 4.69) is 43.3 Å². The van der Waals surface area contributed by atoms with Gasteiger partial charge in [0, 0.05) is 0 Å². The van der Waals surface area contributed by atoms with Crippen LogP contribution in [0.15, 0.2) is 36.4 Å². The van der Waals surface area contributed by atoms with Crippen LogP contribution >= 0.6 is 0 Å². The number of hydrogen-bond acceptors (Lipinski definition) is 1. The first-order valence-electron chi connectivity index (χ1n) is 5.48. The highest BCUT2D eigenvalue weighted by molar-refractivity contribution is 5.84. The molecular weight excluding hydrogens is 184 g/mol. The van der Waals surface area contributed by atoms with Gasteiger partial charge in [-0.2, -0.15) is 0 Å². The van der Waals surface area contributed by atoms with Crippen molar-refractivity contribution in [1.82, 2.24) is 0 Å². The summed E-state index contributed by atoms with van der Waals surface area (Å²) < 4.78 is 5.76. The Kier molecular flexibility index (Phi) is 1.91. The first-order chi connectivity index (χ1) is 7.31. The van der Waals surface area contributed by atoms with Crippen molar-refractivity contribution in [2.45, 2.75) is 25.9 Å². The highest BCUT2D eigenvalue weighted by Crippen LogP contribution is 2.29. The molecule has 1 aliphatic carbocycles. The normalized spacial score (nSPS) is 15.5. The fourth-order valence-electron chi connectivity index (χ4n) is 1.79. The molecule has 2 aromatic carbocycles. The molecule has 0 aromatic heterocycles. The molecule has 1 aliphatic rings. The van der Waals surface area contributed by atoms with Gasteiger partial charge in [-0.15, -0.1) is 0 Å². The van der Waals surface area contributed by atoms with E-state index in [-0.39, 0.29) is 0 Å². The van der Waals surface area contributed by atoms with Gasteiger partial charge in [-0.05, 0) is 42.7 Å². The highest BCUT2D eigenvalue weighted by Gasteiger charge is 2.23. The Morgan fingerprint density at radius 3 is 2.53 bits per heavy atom. The minimum absolute atomic E-state index is 0.480. The van der Waals surface area contributed by atoms with Gasteiger partial charge in [-0.25, -0.2) is 0 Å². The molecule has 76 valence electrons. The van der Waals surface area contributed by atoms with E-state index < -0.39 is 0 Å². The molecule has 1 saturated carbocycles. The molecule has 1 nitrogen and oxygen atoms in total. The third-order valence-electron chi connectivity index (χ3n) is 2.79. The van der Waals surface area contributed by atoms with E-state index in [1.165, 1.54) is 29.2 Å². The lowest BCUT2D eigenvalue weighted by molar-refractivity contribution is 0.303. The molecule has 0 unspecified atom stereocenters. The van der Waals surface area contributed by atoms with Crippen LogP contribution in [0.2, 0.25) is 0 Å². The van der Waals surface area contributed by atoms with Gasteiger partial charge < -0.3 is 4.74 Å². The molecule has 0 N–H and O–H groups in total. The quantitative estimate of drug-likeness (QED) is 0.715. The summed E-state index contributed by atoms with van der Waals surface area (Å²) in [5.41, 5.74) is 1.30. The van der Waals surface area contributed by atoms with Gasteiger partial charge in [0.1, 0.15) is 5.75 Å². The van der Waals surface area contributed by atoms with Crippen molar-refractivity contribution >= 4 is 10.8 Å². The average Bonchev–Trinajstić information content (AvgIpc) is 3.02. The van der Waals surface area contributed by atoms with Gasteiger partial charge in [0.05, 0.1) is 6.10 Å². The molecule has 0 spiro atoms. The minimum atomic E-state index is 0.480. The summed E-state index contributed by atoms with van der Waals surface area (Å²) in [5, 5.41) is 2.55. The molecule has 0 radical (unpaired) electrons. The lowest BCUT2D eigenvalue weighted by Gasteiger charge is -2.06. The monoisotopic (exact) mass is 198 g/mol. The summed E-state index contributed by atoms with van der Waals surface area (Å²) in [5.74, 6) is 1.01. The topological polar surface area (TPSA) is 9.23 Å². The van der Waals surface area contributed by atoms with Crippen LogP contribution in [0.25, 0.3) is 10.8 Å². The summed E-state index contributed by atoms with van der Waals surface area (Å²) in [6.07, 6.45) is 2.91. The van der Waals surface area contributed by atoms with E-state index in [4.69, 9.17) is 4.74 Å². The van der Waals surface area contributed by atoms with Crippen LogP contribution < -0.4 is 4.74 Å². The Balaban J connectivity index is 2.01. The zero-order chi connectivity index (χ0) is 10.3. The lowest BCUT2D eigenvalue weighted by atomic mass is 10.1. The summed E-state index contributed by atoms with van der Waals surface area (Å²) in [6, 6.07) is 12.8. The summed E-state index contributed by atoms with van der Waals surface area (Å²) >= 11 is 0. The SMILES string of the molecule is Cc1ccc2cc(OC3CC3)ccc2c1. The number of fused-ring (bicyclic) bond motifs is 1. The van der Waals surface area contributed by atoms with Gasteiger partial charge in [0.15, 0.2) is 0 Å². The average molecular weight is 198 g/mol. The van der Waals surface area contributed by atoms with Crippen molar-refractivity contribution in [2.24, 2.45) is 0 Å². The van der Waals surface area contributed by atoms with E-state index >= 15 is 0 Å². The Morgan fingerprint density at radius 1 is 1.00 bits per heavy atom. The minimum Gasteiger partial charge on any atom is -0.490 e. The number of aryl methyl sites for hydroxylation is 1. The molecular formula is C14H14O. The molecule has 15 heavy (non-hydrogen) atoms. The van der Waals surface area contributed by atoms with E-state index in [1.807, 2.05) is 0 Å². The zero-order valence-corrected chi connectivity index (χ0v) is 8.86. The molecule has 0 heterocycles. The second-order valence-electron chi connectivity index (χ2n) is 4.33. The van der Waals surface area contributed by atoms with E-state index in [0.29, 0.717) is 6.10 Å². The highest BCUT2D eigenvalue weighted by atomic mass is 16.5. The Labute approximate surface area is 89.7 Å². The summed E-state index contributed by atoms with van der Waals surface area (Å²) in [7, 11) is 0. The third-order valence-corrected chi connectivity index (χ3v) is 2.79. The second-order valence-corrected chi connectivity index (χ2v) is 4.33. The van der Waals surface area contributed by atoms with Crippen molar-refractivity contribution in [1.29, 1.82) is 0 Å². The standard InChI is InChI=1S/C14H14O/c1-10-2-3-12-9-14(15-13-6-7-13)5-4-11(12)8-10/h2-5,8-9,13H,6-7H2,1H3. The van der Waals surface area contributed by atoms with Gasteiger partial charge in [-0.1, -0.05) is 29.8 Å². The first kappa shape index (κ1) is 8.78. The number of benzene rings is 2. The number of ether oxygens (including phenoxy) is 1. The van der Waals surface area contributed by atoms with Crippen molar-refractivity contribution < 1.29 is 4.74 Å². The molecule has 1 fully saturated rings. The van der Waals surface area contributed by atoms with Crippen LogP contribution in [0.1, 0.15) is 18.4 Å². The van der Waals surface area contributed by atoms with Crippen LogP contribution in [0, 0.1) is 6.92 Å². The fraction of sp³-hybridized carbons (Fsp3) is 0.286. The molecule has 1 heteroatoms. The molecule has 0 bridgehead atoms. The maximum Gasteiger partial charge on any atom is 0.120 e. The molecule has 0 amide bonds. The van der Waals surface area contributed by atoms with E-state index in [0.717, 1.165) is 5.75 Å². The Morgan fingerprint density at radius 2 is 1.73 bits per heavy atom. The Bertz CT molecular complexity index is 498. The smallest absolute Gasteiger partial charge is 0.120 e. The predicted molar refractivity (Wildman–Crippen MR) is 62.3 cm³/mol. The third kappa shape index (κ3) is 1.82. The molecule has 3 rings (SSSR count). The van der Waals surface area contributed by atoms with Crippen LogP contribution in [-0.4, -0.2) is 6.10 Å². The number of rotatable bonds is 2. The molecule has 0 saturated heterocycles. The van der Waals surface area contributed by atoms with Crippen LogP contribution in [0.4, 0.5) is 0 Å². The summed E-state index contributed by atoms with van der Waals surface area (Å²) in [4.78, 5) is 0. The second kappa shape index (κ2) is 3.27. The zero-order valence-electron chi connectivity index (χ0n) is 8.86. The van der Waals surface area contributed by atoms with Crippen LogP contribution in [0.5, 0.6) is 5.75 Å². The van der Waals surface area contributed by atoms with Crippen molar-refractivity contribution in [3.63, 3.8) is 0 Å². The van der Waals surface area contributed by atoms with Gasteiger partial charge in [0.25, 0.3) is 0 Å². The van der Waals surface area contributed by atoms with E-state index in [1.54, 1.807) is 0 Å². The largest absolute Gasteiger partial charge is 0.490 e. The Hall–Kier alpha value is -1.50. The fourth-order valence-corrected chi connectivity index (χ4v) is 1.79. The lowest BCUT2D eigenvalue weighted by Crippen LogP contribution is -1.95. The van der Waals surface area contributed by atoms with Gasteiger partial charge in [0.2, 0.25) is 0 Å². The summed E-state index contributed by atoms with van der Waals surface area (Å²) in [6.45, 7) is 2.12. The van der Waals surface area contributed by atoms with Crippen molar-refractivity contribution in [2.75, 3.05) is 0 Å². The predicted octanol–water partition coefficient (Wildman–Crippen LogP) is 3.69. The van der Waals surface area contributed by atoms with Crippen molar-refractivity contribution in [3.8, 4) is 5.75 Å². The van der Waals surface area contributed by atoms with Gasteiger partial charge in [-0.3, -0.25) is 0 Å². The van der Waals surface area contributed by atoms with Crippen LogP contribution in [-0.2, 0) is 0 Å². The first-order valence-corrected chi connectivity index (χ1v) is 5.48. The molecule has 2 aromatic rings. The van der Waals surface area contributed by atoms with Gasteiger partial charge >= 0.3 is 0 Å².